The predicted octanol–water partition coefficient (Wildman–Crippen LogP) is 7.29. The number of hydrogen-bond acceptors (Lipinski definition) is 6. The van der Waals surface area contributed by atoms with E-state index in [1.807, 2.05) is 107 Å². The molecule has 0 saturated heterocycles. The number of benzene rings is 4. The van der Waals surface area contributed by atoms with Gasteiger partial charge in [0.2, 0.25) is 11.8 Å². The molecule has 0 aliphatic carbocycles. The van der Waals surface area contributed by atoms with Gasteiger partial charge < -0.3 is 28.7 Å². The van der Waals surface area contributed by atoms with Crippen molar-refractivity contribution in [2.24, 2.45) is 0 Å². The summed E-state index contributed by atoms with van der Waals surface area (Å²) in [6, 6.07) is 31.1. The van der Waals surface area contributed by atoms with Crippen LogP contribution >= 0.6 is 0 Å². The lowest BCUT2D eigenvalue weighted by Crippen LogP contribution is -2.31. The number of carbonyl (C=O) groups excluding carboxylic acids is 2. The predicted molar refractivity (Wildman–Crippen MR) is 189 cm³/mol. The molecule has 0 bridgehead atoms. The molecule has 48 heavy (non-hydrogen) atoms. The highest BCUT2D eigenvalue weighted by molar-refractivity contribution is 5.77. The Morgan fingerprint density at radius 1 is 0.438 bits per heavy atom. The van der Waals surface area contributed by atoms with Crippen LogP contribution in [-0.2, 0) is 35.8 Å². The van der Waals surface area contributed by atoms with Crippen LogP contribution in [0.4, 0.5) is 0 Å². The Morgan fingerprint density at radius 3 is 0.833 bits per heavy atom. The molecule has 0 radical (unpaired) electrons. The van der Waals surface area contributed by atoms with Gasteiger partial charge in [0, 0.05) is 39.0 Å². The van der Waals surface area contributed by atoms with E-state index in [2.05, 4.69) is 12.8 Å². The molecule has 0 spiro atoms. The zero-order valence-electron chi connectivity index (χ0n) is 28.4. The highest BCUT2D eigenvalue weighted by atomic mass is 16.5. The molecular formula is C40H46N2O6. The zero-order valence-corrected chi connectivity index (χ0v) is 28.4. The normalized spacial score (nSPS) is 10.2. The van der Waals surface area contributed by atoms with Crippen molar-refractivity contribution in [3.05, 3.63) is 119 Å². The number of unbranched alkanes of at least 4 members (excludes halogenated alkanes) is 1. The minimum absolute atomic E-state index is 0.0485. The SMILES string of the molecule is C#C.COc1ccc(CN(Cc2ccc(OC)cc2)C(=O)CCCCC(=O)N(Cc2ccc(OC)cc2)Cc2ccc(OC)cc2)cc1. The molecule has 0 unspecified atom stereocenters. The topological polar surface area (TPSA) is 77.5 Å². The van der Waals surface area contributed by atoms with E-state index in [-0.39, 0.29) is 11.8 Å². The molecule has 8 heteroatoms. The first-order valence-corrected chi connectivity index (χ1v) is 15.8. The second kappa shape index (κ2) is 20.0. The summed E-state index contributed by atoms with van der Waals surface area (Å²) < 4.78 is 21.2. The van der Waals surface area contributed by atoms with E-state index >= 15 is 0 Å². The molecule has 0 aromatic heterocycles. The molecule has 0 N–H and O–H groups in total. The van der Waals surface area contributed by atoms with E-state index in [0.717, 1.165) is 45.3 Å². The van der Waals surface area contributed by atoms with Crippen LogP contribution in [0.1, 0.15) is 47.9 Å². The van der Waals surface area contributed by atoms with Crippen LogP contribution in [0.25, 0.3) is 0 Å². The minimum Gasteiger partial charge on any atom is -0.497 e. The van der Waals surface area contributed by atoms with Crippen LogP contribution < -0.4 is 18.9 Å². The van der Waals surface area contributed by atoms with Gasteiger partial charge in [-0.05, 0) is 83.6 Å². The summed E-state index contributed by atoms with van der Waals surface area (Å²) in [6.07, 6.45) is 9.95. The Kier molecular flexibility index (Phi) is 15.4. The van der Waals surface area contributed by atoms with Gasteiger partial charge in [0.15, 0.2) is 0 Å². The molecule has 0 saturated carbocycles. The standard InChI is InChI=1S/C38H44N2O6.C2H2/c1-43-33-17-9-29(10-18-33)25-39(26-30-11-19-34(44-2)20-12-30)37(41)7-5-6-8-38(42)40(27-31-13-21-35(45-3)22-14-31)28-32-15-23-36(46-4)24-16-32;1-2/h9-24H,5-8,25-28H2,1-4H3;1-2H. The summed E-state index contributed by atoms with van der Waals surface area (Å²) in [5.41, 5.74) is 4.08. The second-order valence-corrected chi connectivity index (χ2v) is 11.1. The Morgan fingerprint density at radius 2 is 0.646 bits per heavy atom. The van der Waals surface area contributed by atoms with E-state index in [0.29, 0.717) is 51.9 Å². The monoisotopic (exact) mass is 650 g/mol. The van der Waals surface area contributed by atoms with E-state index < -0.39 is 0 Å². The smallest absolute Gasteiger partial charge is 0.223 e. The van der Waals surface area contributed by atoms with Crippen molar-refractivity contribution < 1.29 is 28.5 Å². The molecule has 0 aliphatic rings. The van der Waals surface area contributed by atoms with Crippen LogP contribution in [-0.4, -0.2) is 50.1 Å². The number of rotatable bonds is 17. The fourth-order valence-electron chi connectivity index (χ4n) is 5.14. The maximum Gasteiger partial charge on any atom is 0.223 e. The first-order chi connectivity index (χ1) is 23.4. The van der Waals surface area contributed by atoms with Crippen LogP contribution in [0.5, 0.6) is 23.0 Å². The first kappa shape index (κ1) is 37.0. The van der Waals surface area contributed by atoms with Crippen molar-refractivity contribution in [3.8, 4) is 35.8 Å². The van der Waals surface area contributed by atoms with Crippen molar-refractivity contribution >= 4 is 11.8 Å². The molecule has 0 aliphatic heterocycles. The Balaban J connectivity index is 0.00000307. The second-order valence-electron chi connectivity index (χ2n) is 11.1. The summed E-state index contributed by atoms with van der Waals surface area (Å²) >= 11 is 0. The van der Waals surface area contributed by atoms with Crippen molar-refractivity contribution in [2.75, 3.05) is 28.4 Å². The fourth-order valence-corrected chi connectivity index (χ4v) is 5.14. The van der Waals surface area contributed by atoms with Gasteiger partial charge in [-0.3, -0.25) is 9.59 Å². The van der Waals surface area contributed by atoms with Gasteiger partial charge >= 0.3 is 0 Å². The Hall–Kier alpha value is -5.42. The molecule has 252 valence electrons. The highest BCUT2D eigenvalue weighted by Crippen LogP contribution is 2.21. The van der Waals surface area contributed by atoms with Crippen molar-refractivity contribution in [3.63, 3.8) is 0 Å². The summed E-state index contributed by atoms with van der Waals surface area (Å²) in [4.78, 5) is 30.8. The molecule has 4 aromatic rings. The third kappa shape index (κ3) is 11.7. The quantitative estimate of drug-likeness (QED) is 0.0883. The molecule has 2 amide bonds. The van der Waals surface area contributed by atoms with E-state index in [9.17, 15) is 9.59 Å². The van der Waals surface area contributed by atoms with Gasteiger partial charge in [0.05, 0.1) is 28.4 Å². The summed E-state index contributed by atoms with van der Waals surface area (Å²) in [5, 5.41) is 0. The molecule has 0 fully saturated rings. The lowest BCUT2D eigenvalue weighted by molar-refractivity contribution is -0.134. The van der Waals surface area contributed by atoms with Gasteiger partial charge in [0.25, 0.3) is 0 Å². The number of nitrogens with zero attached hydrogens (tertiary/aromatic N) is 2. The maximum absolute atomic E-state index is 13.5. The van der Waals surface area contributed by atoms with Gasteiger partial charge in [-0.25, -0.2) is 0 Å². The summed E-state index contributed by atoms with van der Waals surface area (Å²) in [5.74, 6) is 3.19. The van der Waals surface area contributed by atoms with E-state index in [1.165, 1.54) is 0 Å². The Labute approximate surface area is 285 Å². The third-order valence-corrected chi connectivity index (χ3v) is 7.87. The average Bonchev–Trinajstić information content (AvgIpc) is 3.14. The maximum atomic E-state index is 13.5. The molecule has 0 atom stereocenters. The number of ether oxygens (including phenoxy) is 4. The zero-order chi connectivity index (χ0) is 34.7. The number of methoxy groups -OCH3 is 4. The number of hydrogen-bond donors (Lipinski definition) is 0. The lowest BCUT2D eigenvalue weighted by atomic mass is 10.1. The minimum atomic E-state index is 0.0485. The van der Waals surface area contributed by atoms with Crippen LogP contribution in [0.2, 0.25) is 0 Å². The molecular weight excluding hydrogens is 604 g/mol. The third-order valence-electron chi connectivity index (χ3n) is 7.87. The number of amides is 2. The molecule has 4 rings (SSSR count). The van der Waals surface area contributed by atoms with E-state index in [4.69, 9.17) is 18.9 Å². The van der Waals surface area contributed by atoms with Gasteiger partial charge in [-0.2, -0.15) is 0 Å². The van der Waals surface area contributed by atoms with Crippen LogP contribution in [0.3, 0.4) is 0 Å². The molecule has 4 aromatic carbocycles. The lowest BCUT2D eigenvalue weighted by Gasteiger charge is -2.24. The Bertz CT molecular complexity index is 1330. The molecule has 8 nitrogen and oxygen atoms in total. The van der Waals surface area contributed by atoms with Gasteiger partial charge in [0.1, 0.15) is 23.0 Å². The molecule has 0 heterocycles. The van der Waals surface area contributed by atoms with Crippen molar-refractivity contribution in [2.45, 2.75) is 51.9 Å². The summed E-state index contributed by atoms with van der Waals surface area (Å²) in [7, 11) is 6.54. The number of terminal acetylenes is 1. The van der Waals surface area contributed by atoms with Crippen LogP contribution in [0, 0.1) is 12.8 Å². The fraction of sp³-hybridized carbons (Fsp3) is 0.300. The van der Waals surface area contributed by atoms with Crippen molar-refractivity contribution in [1.29, 1.82) is 0 Å². The average molecular weight is 651 g/mol. The summed E-state index contributed by atoms with van der Waals surface area (Å²) in [6.45, 7) is 1.91. The van der Waals surface area contributed by atoms with Gasteiger partial charge in [-0.1, -0.05) is 48.5 Å². The van der Waals surface area contributed by atoms with Crippen LogP contribution in [0.15, 0.2) is 97.1 Å². The number of carbonyl (C=O) groups is 2. The van der Waals surface area contributed by atoms with Gasteiger partial charge in [-0.15, -0.1) is 12.8 Å². The largest absolute Gasteiger partial charge is 0.497 e. The first-order valence-electron chi connectivity index (χ1n) is 15.8. The van der Waals surface area contributed by atoms with E-state index in [1.54, 1.807) is 28.4 Å². The van der Waals surface area contributed by atoms with Crippen molar-refractivity contribution in [1.82, 2.24) is 9.80 Å². The highest BCUT2D eigenvalue weighted by Gasteiger charge is 2.18.